The maximum atomic E-state index is 12.9. The molecule has 2 bridgehead atoms. The fourth-order valence-corrected chi connectivity index (χ4v) is 5.23. The summed E-state index contributed by atoms with van der Waals surface area (Å²) in [6.45, 7) is -0.107. The Labute approximate surface area is 203 Å². The van der Waals surface area contributed by atoms with Crippen molar-refractivity contribution >= 4 is 41.3 Å². The van der Waals surface area contributed by atoms with Gasteiger partial charge in [0.1, 0.15) is 6.61 Å². The first-order valence-electron chi connectivity index (χ1n) is 10.8. The normalized spacial score (nSPS) is 24.4. The number of fused-ring (bicyclic) bond motifs is 5. The minimum Gasteiger partial charge on any atom is -0.481 e. The van der Waals surface area contributed by atoms with E-state index in [1.807, 2.05) is 12.2 Å². The second kappa shape index (κ2) is 8.62. The first kappa shape index (κ1) is 22.7. The average Bonchev–Trinajstić information content (AvgIpc) is 3.51. The van der Waals surface area contributed by atoms with Crippen LogP contribution in [0.2, 0.25) is 5.02 Å². The Balaban J connectivity index is 1.42. The van der Waals surface area contributed by atoms with Crippen molar-refractivity contribution in [1.82, 2.24) is 5.01 Å². The first-order chi connectivity index (χ1) is 16.7. The van der Waals surface area contributed by atoms with Gasteiger partial charge in [-0.05, 0) is 42.0 Å². The van der Waals surface area contributed by atoms with E-state index in [2.05, 4.69) is 5.10 Å². The molecule has 2 amide bonds. The van der Waals surface area contributed by atoms with E-state index in [1.165, 1.54) is 30.3 Å². The number of carbonyl (C=O) groups is 3. The molecule has 35 heavy (non-hydrogen) atoms. The number of amides is 2. The summed E-state index contributed by atoms with van der Waals surface area (Å²) in [5.41, 5.74) is 0.361. The number of allylic oxidation sites excluding steroid dienone is 2. The molecule has 0 aromatic heterocycles. The highest BCUT2D eigenvalue weighted by atomic mass is 35.5. The molecule has 3 aliphatic rings. The van der Waals surface area contributed by atoms with Gasteiger partial charge in [-0.25, -0.2) is 4.79 Å². The van der Waals surface area contributed by atoms with E-state index in [0.29, 0.717) is 5.56 Å². The molecule has 1 aliphatic heterocycles. The van der Waals surface area contributed by atoms with E-state index in [9.17, 15) is 24.5 Å². The molecule has 11 heteroatoms. The standard InChI is InChI=1S/C24H18ClN3O7/c25-17-8-16(10-26-27-22(29)19-14-5-6-15(7-14)20(19)23(27)30)21(18(9-17)28(33)34)35-11-12-1-3-13(4-2-12)24(31)32/h1-6,8-10,14-15,19-20H,7,11H2,(H,31,32). The lowest BCUT2D eigenvalue weighted by molar-refractivity contribution is -0.385. The number of aromatic carboxylic acids is 1. The Morgan fingerprint density at radius 3 is 2.37 bits per heavy atom. The van der Waals surface area contributed by atoms with Crippen LogP contribution in [0.15, 0.2) is 53.7 Å². The Hall–Kier alpha value is -4.05. The summed E-state index contributed by atoms with van der Waals surface area (Å²) in [4.78, 5) is 47.8. The van der Waals surface area contributed by atoms with Crippen LogP contribution in [0, 0.1) is 33.8 Å². The highest BCUT2D eigenvalue weighted by Gasteiger charge is 2.59. The topological polar surface area (TPSA) is 139 Å². The van der Waals surface area contributed by atoms with Crippen LogP contribution in [0.5, 0.6) is 5.75 Å². The van der Waals surface area contributed by atoms with Crippen molar-refractivity contribution in [2.75, 3.05) is 0 Å². The van der Waals surface area contributed by atoms with Gasteiger partial charge in [-0.2, -0.15) is 10.1 Å². The third-order valence-electron chi connectivity index (χ3n) is 6.60. The third-order valence-corrected chi connectivity index (χ3v) is 6.82. The number of carboxylic acids is 1. The number of hydrogen-bond donors (Lipinski definition) is 1. The maximum Gasteiger partial charge on any atom is 0.335 e. The fraction of sp³-hybridized carbons (Fsp3) is 0.250. The highest BCUT2D eigenvalue weighted by Crippen LogP contribution is 2.52. The van der Waals surface area contributed by atoms with Crippen LogP contribution in [0.3, 0.4) is 0 Å². The Morgan fingerprint density at radius 2 is 1.80 bits per heavy atom. The monoisotopic (exact) mass is 495 g/mol. The number of rotatable bonds is 7. The van der Waals surface area contributed by atoms with Gasteiger partial charge < -0.3 is 9.84 Å². The molecule has 4 atom stereocenters. The van der Waals surface area contributed by atoms with Gasteiger partial charge in [-0.1, -0.05) is 35.9 Å². The van der Waals surface area contributed by atoms with Gasteiger partial charge in [0.15, 0.2) is 0 Å². The molecule has 5 rings (SSSR count). The number of carbonyl (C=O) groups excluding carboxylic acids is 2. The lowest BCUT2D eigenvalue weighted by atomic mass is 9.85. The summed E-state index contributed by atoms with van der Waals surface area (Å²) in [6.07, 6.45) is 5.89. The highest BCUT2D eigenvalue weighted by molar-refractivity contribution is 6.31. The Kier molecular flexibility index (Phi) is 5.60. The molecule has 1 heterocycles. The molecule has 2 aliphatic carbocycles. The van der Waals surface area contributed by atoms with Gasteiger partial charge in [-0.3, -0.25) is 19.7 Å². The minimum absolute atomic E-state index is 0.0281. The van der Waals surface area contributed by atoms with Crippen molar-refractivity contribution in [3.05, 3.63) is 80.4 Å². The molecule has 1 N–H and O–H groups in total. The van der Waals surface area contributed by atoms with Crippen LogP contribution in [-0.4, -0.2) is 39.0 Å². The van der Waals surface area contributed by atoms with Crippen LogP contribution < -0.4 is 4.74 Å². The molecule has 2 aromatic carbocycles. The van der Waals surface area contributed by atoms with Gasteiger partial charge >= 0.3 is 11.7 Å². The zero-order valence-corrected chi connectivity index (χ0v) is 18.8. The van der Waals surface area contributed by atoms with Crippen molar-refractivity contribution in [1.29, 1.82) is 0 Å². The summed E-state index contributed by atoms with van der Waals surface area (Å²) in [6, 6.07) is 8.36. The number of nitro groups is 1. The molecular formula is C24H18ClN3O7. The Morgan fingerprint density at radius 1 is 1.17 bits per heavy atom. The fourth-order valence-electron chi connectivity index (χ4n) is 5.01. The van der Waals surface area contributed by atoms with Crippen molar-refractivity contribution in [2.24, 2.45) is 28.8 Å². The SMILES string of the molecule is O=C(O)c1ccc(COc2c(C=NN3C(=O)C4C5C=CC(C5)C4C3=O)cc(Cl)cc2[N+](=O)[O-])cc1. The molecular weight excluding hydrogens is 478 g/mol. The third kappa shape index (κ3) is 3.95. The summed E-state index contributed by atoms with van der Waals surface area (Å²) in [5.74, 6) is -2.78. The van der Waals surface area contributed by atoms with Crippen molar-refractivity contribution in [3.8, 4) is 5.75 Å². The van der Waals surface area contributed by atoms with Crippen LogP contribution in [0.25, 0.3) is 0 Å². The predicted octanol–water partition coefficient (Wildman–Crippen LogP) is 3.67. The smallest absolute Gasteiger partial charge is 0.335 e. The van der Waals surface area contributed by atoms with Gasteiger partial charge in [0.25, 0.3) is 11.8 Å². The first-order valence-corrected chi connectivity index (χ1v) is 11.2. The quantitative estimate of drug-likeness (QED) is 0.203. The summed E-state index contributed by atoms with van der Waals surface area (Å²) in [7, 11) is 0. The average molecular weight is 496 g/mol. The molecule has 2 fully saturated rings. The van der Waals surface area contributed by atoms with Gasteiger partial charge in [0.2, 0.25) is 5.75 Å². The maximum absolute atomic E-state index is 12.9. The van der Waals surface area contributed by atoms with Crippen molar-refractivity contribution in [2.45, 2.75) is 13.0 Å². The van der Waals surface area contributed by atoms with Crippen LogP contribution in [0.1, 0.15) is 27.9 Å². The number of ether oxygens (including phenoxy) is 1. The molecule has 4 unspecified atom stereocenters. The van der Waals surface area contributed by atoms with E-state index < -0.39 is 28.4 Å². The van der Waals surface area contributed by atoms with Gasteiger partial charge in [-0.15, -0.1) is 0 Å². The van der Waals surface area contributed by atoms with E-state index in [4.69, 9.17) is 21.4 Å². The summed E-state index contributed by atoms with van der Waals surface area (Å²) in [5, 5.41) is 25.7. The number of nitro benzene ring substituents is 1. The minimum atomic E-state index is -1.08. The lowest BCUT2D eigenvalue weighted by Gasteiger charge is -2.13. The zero-order chi connectivity index (χ0) is 24.9. The summed E-state index contributed by atoms with van der Waals surface area (Å²) >= 11 is 6.07. The van der Waals surface area contributed by atoms with Crippen molar-refractivity contribution < 1.29 is 29.2 Å². The molecule has 1 saturated heterocycles. The van der Waals surface area contributed by atoms with Crippen LogP contribution >= 0.6 is 11.6 Å². The zero-order valence-electron chi connectivity index (χ0n) is 18.0. The lowest BCUT2D eigenvalue weighted by Crippen LogP contribution is -2.28. The van der Waals surface area contributed by atoms with Gasteiger partial charge in [0, 0.05) is 16.7 Å². The number of benzene rings is 2. The molecule has 10 nitrogen and oxygen atoms in total. The number of imide groups is 1. The number of hydrazone groups is 1. The number of halogens is 1. The largest absolute Gasteiger partial charge is 0.481 e. The molecule has 178 valence electrons. The predicted molar refractivity (Wildman–Crippen MR) is 123 cm³/mol. The number of carboxylic acid groups (broad SMARTS) is 1. The molecule has 0 radical (unpaired) electrons. The Bertz CT molecular complexity index is 1290. The number of nitrogens with zero attached hydrogens (tertiary/aromatic N) is 3. The molecule has 1 saturated carbocycles. The molecule has 0 spiro atoms. The van der Waals surface area contributed by atoms with Crippen molar-refractivity contribution in [3.63, 3.8) is 0 Å². The number of hydrogen-bond acceptors (Lipinski definition) is 7. The second-order valence-electron chi connectivity index (χ2n) is 8.62. The van der Waals surface area contributed by atoms with Gasteiger partial charge in [0.05, 0.1) is 28.5 Å². The second-order valence-corrected chi connectivity index (χ2v) is 9.06. The summed E-state index contributed by atoms with van der Waals surface area (Å²) < 4.78 is 5.72. The van der Waals surface area contributed by atoms with Crippen LogP contribution in [-0.2, 0) is 16.2 Å². The van der Waals surface area contributed by atoms with E-state index in [0.717, 1.165) is 23.7 Å². The van der Waals surface area contributed by atoms with Crippen LogP contribution in [0.4, 0.5) is 5.69 Å². The van der Waals surface area contributed by atoms with E-state index in [1.54, 1.807) is 0 Å². The van der Waals surface area contributed by atoms with E-state index in [-0.39, 0.29) is 52.2 Å². The molecule has 2 aromatic rings. The van der Waals surface area contributed by atoms with E-state index >= 15 is 0 Å².